The van der Waals surface area contributed by atoms with Crippen LogP contribution < -0.4 is 10.2 Å². The molecule has 2 atom stereocenters. The van der Waals surface area contributed by atoms with Crippen LogP contribution in [0.2, 0.25) is 5.02 Å². The minimum absolute atomic E-state index is 0.00205. The van der Waals surface area contributed by atoms with Gasteiger partial charge in [-0.1, -0.05) is 17.7 Å². The summed E-state index contributed by atoms with van der Waals surface area (Å²) in [4.78, 5) is 32.3. The molecule has 4 aliphatic heterocycles. The van der Waals surface area contributed by atoms with Gasteiger partial charge in [-0.15, -0.1) is 0 Å². The van der Waals surface area contributed by atoms with Gasteiger partial charge in [0.05, 0.1) is 11.5 Å². The SMILES string of the molecule is O=C([C@@H]1CCCN1)N1CCC2(CC1)C[C@H](CCN1CCN(c3cccc(Cl)c3)CC1)OC2=O. The topological polar surface area (TPSA) is 65.1 Å². The highest BCUT2D eigenvalue weighted by molar-refractivity contribution is 6.30. The minimum Gasteiger partial charge on any atom is -0.462 e. The van der Waals surface area contributed by atoms with Crippen molar-refractivity contribution in [3.63, 3.8) is 0 Å². The van der Waals surface area contributed by atoms with E-state index in [1.165, 1.54) is 5.69 Å². The molecule has 8 heteroatoms. The van der Waals surface area contributed by atoms with Crippen molar-refractivity contribution in [2.45, 2.75) is 50.7 Å². The predicted molar refractivity (Wildman–Crippen MR) is 128 cm³/mol. The van der Waals surface area contributed by atoms with Crippen LogP contribution in [0.3, 0.4) is 0 Å². The molecule has 1 spiro atoms. The molecule has 1 aromatic carbocycles. The molecule has 0 saturated carbocycles. The van der Waals surface area contributed by atoms with E-state index in [2.05, 4.69) is 21.2 Å². The standard InChI is InChI=1S/C25H35ClN4O3/c26-19-3-1-4-20(17-19)29-15-13-28(14-16-29)10-6-21-18-25(24(32)33-21)7-11-30(12-8-25)23(31)22-5-2-9-27-22/h1,3-4,17,21-22,27H,2,5-16,18H2/t21-,22-/m0/s1. The van der Waals surface area contributed by atoms with Crippen LogP contribution in [0.15, 0.2) is 24.3 Å². The molecule has 33 heavy (non-hydrogen) atoms. The third-order valence-electron chi connectivity index (χ3n) is 8.03. The van der Waals surface area contributed by atoms with Gasteiger partial charge < -0.3 is 19.9 Å². The molecular weight excluding hydrogens is 440 g/mol. The molecule has 1 amide bonds. The zero-order valence-corrected chi connectivity index (χ0v) is 20.1. The molecule has 1 aromatic rings. The maximum atomic E-state index is 12.8. The molecule has 180 valence electrons. The van der Waals surface area contributed by atoms with E-state index in [9.17, 15) is 9.59 Å². The van der Waals surface area contributed by atoms with Crippen LogP contribution in [0.1, 0.15) is 38.5 Å². The lowest BCUT2D eigenvalue weighted by Crippen LogP contribution is -2.50. The number of nitrogens with one attached hydrogen (secondary N) is 1. The molecule has 0 bridgehead atoms. The Hall–Kier alpha value is -1.83. The molecular formula is C25H35ClN4O3. The number of cyclic esters (lactones) is 1. The van der Waals surface area contributed by atoms with Crippen LogP contribution in [-0.4, -0.2) is 86.2 Å². The number of ether oxygens (including phenoxy) is 1. The summed E-state index contributed by atoms with van der Waals surface area (Å²) in [5.41, 5.74) is 0.804. The first-order valence-electron chi connectivity index (χ1n) is 12.5. The summed E-state index contributed by atoms with van der Waals surface area (Å²) in [5.74, 6) is 0.173. The quantitative estimate of drug-likeness (QED) is 0.661. The highest BCUT2D eigenvalue weighted by atomic mass is 35.5. The van der Waals surface area contributed by atoms with Crippen molar-refractivity contribution in [1.29, 1.82) is 0 Å². The lowest BCUT2D eigenvalue weighted by atomic mass is 9.75. The van der Waals surface area contributed by atoms with E-state index >= 15 is 0 Å². The van der Waals surface area contributed by atoms with Crippen molar-refractivity contribution >= 4 is 29.2 Å². The summed E-state index contributed by atoms with van der Waals surface area (Å²) in [5, 5.41) is 4.07. The normalized spacial score (nSPS) is 27.8. The van der Waals surface area contributed by atoms with Gasteiger partial charge in [-0.2, -0.15) is 0 Å². The number of carbonyl (C=O) groups is 2. The second kappa shape index (κ2) is 9.80. The van der Waals surface area contributed by atoms with Crippen LogP contribution in [0.4, 0.5) is 5.69 Å². The number of benzene rings is 1. The Bertz CT molecular complexity index is 859. The van der Waals surface area contributed by atoms with Crippen molar-refractivity contribution in [3.05, 3.63) is 29.3 Å². The van der Waals surface area contributed by atoms with Gasteiger partial charge in [0.1, 0.15) is 6.10 Å². The first-order chi connectivity index (χ1) is 16.0. The van der Waals surface area contributed by atoms with Crippen molar-refractivity contribution in [1.82, 2.24) is 15.1 Å². The first kappa shape index (κ1) is 22.9. The van der Waals surface area contributed by atoms with Crippen molar-refractivity contribution in [2.24, 2.45) is 5.41 Å². The minimum atomic E-state index is -0.379. The average molecular weight is 475 g/mol. The number of hydrogen-bond acceptors (Lipinski definition) is 6. The van der Waals surface area contributed by atoms with Gasteiger partial charge in [-0.25, -0.2) is 0 Å². The Labute approximate surface area is 201 Å². The average Bonchev–Trinajstić information content (AvgIpc) is 3.47. The molecule has 4 fully saturated rings. The fraction of sp³-hybridized carbons (Fsp3) is 0.680. The maximum absolute atomic E-state index is 12.8. The molecule has 4 heterocycles. The highest BCUT2D eigenvalue weighted by Crippen LogP contribution is 2.44. The van der Waals surface area contributed by atoms with Gasteiger partial charge in [0.15, 0.2) is 0 Å². The number of likely N-dealkylation sites (tertiary alicyclic amines) is 1. The van der Waals surface area contributed by atoms with Crippen molar-refractivity contribution in [2.75, 3.05) is 57.3 Å². The number of amides is 1. The number of anilines is 1. The van der Waals surface area contributed by atoms with E-state index in [4.69, 9.17) is 16.3 Å². The summed E-state index contributed by atoms with van der Waals surface area (Å²) in [6, 6.07) is 8.02. The van der Waals surface area contributed by atoms with E-state index in [0.717, 1.165) is 82.8 Å². The number of piperazine rings is 1. The third kappa shape index (κ3) is 5.00. The van der Waals surface area contributed by atoms with E-state index in [1.807, 2.05) is 23.1 Å². The summed E-state index contributed by atoms with van der Waals surface area (Å²) < 4.78 is 5.84. The van der Waals surface area contributed by atoms with E-state index in [0.29, 0.717) is 13.1 Å². The Morgan fingerprint density at radius 2 is 1.94 bits per heavy atom. The molecule has 7 nitrogen and oxygen atoms in total. The smallest absolute Gasteiger partial charge is 0.312 e. The summed E-state index contributed by atoms with van der Waals surface area (Å²) >= 11 is 6.14. The lowest BCUT2D eigenvalue weighted by Gasteiger charge is -2.37. The summed E-state index contributed by atoms with van der Waals surface area (Å²) in [6.07, 6.45) is 5.16. The lowest BCUT2D eigenvalue weighted by molar-refractivity contribution is -0.153. The van der Waals surface area contributed by atoms with E-state index < -0.39 is 0 Å². The number of esters is 1. The number of hydrogen-bond donors (Lipinski definition) is 1. The predicted octanol–water partition coefficient (Wildman–Crippen LogP) is 2.53. The number of piperidine rings is 1. The summed E-state index contributed by atoms with van der Waals surface area (Å²) in [7, 11) is 0. The number of halogens is 1. The van der Waals surface area contributed by atoms with Crippen molar-refractivity contribution in [3.8, 4) is 0 Å². The molecule has 5 rings (SSSR count). The van der Waals surface area contributed by atoms with Crippen LogP contribution in [0, 0.1) is 5.41 Å². The number of rotatable bonds is 5. The van der Waals surface area contributed by atoms with Crippen LogP contribution in [0.5, 0.6) is 0 Å². The van der Waals surface area contributed by atoms with Gasteiger partial charge in [0.2, 0.25) is 5.91 Å². The molecule has 0 aliphatic carbocycles. The highest BCUT2D eigenvalue weighted by Gasteiger charge is 2.51. The van der Waals surface area contributed by atoms with Crippen LogP contribution >= 0.6 is 11.6 Å². The van der Waals surface area contributed by atoms with E-state index in [-0.39, 0.29) is 29.4 Å². The van der Waals surface area contributed by atoms with Gasteiger partial charge in [0.25, 0.3) is 0 Å². The molecule has 4 saturated heterocycles. The Morgan fingerprint density at radius 1 is 1.15 bits per heavy atom. The molecule has 4 aliphatic rings. The van der Waals surface area contributed by atoms with Crippen LogP contribution in [0.25, 0.3) is 0 Å². The van der Waals surface area contributed by atoms with E-state index in [1.54, 1.807) is 0 Å². The van der Waals surface area contributed by atoms with Crippen LogP contribution in [-0.2, 0) is 14.3 Å². The van der Waals surface area contributed by atoms with Gasteiger partial charge in [-0.3, -0.25) is 14.5 Å². The first-order valence-corrected chi connectivity index (χ1v) is 12.9. The number of nitrogens with zero attached hydrogens (tertiary/aromatic N) is 3. The Morgan fingerprint density at radius 3 is 2.64 bits per heavy atom. The second-order valence-corrected chi connectivity index (χ2v) is 10.5. The van der Waals surface area contributed by atoms with Gasteiger partial charge in [0, 0.05) is 62.9 Å². The van der Waals surface area contributed by atoms with Gasteiger partial charge >= 0.3 is 5.97 Å². The van der Waals surface area contributed by atoms with Gasteiger partial charge in [-0.05, 0) is 56.8 Å². The molecule has 0 radical (unpaired) electrons. The Balaban J connectivity index is 1.06. The van der Waals surface area contributed by atoms with Crippen molar-refractivity contribution < 1.29 is 14.3 Å². The third-order valence-corrected chi connectivity index (χ3v) is 8.26. The molecule has 0 unspecified atom stereocenters. The maximum Gasteiger partial charge on any atom is 0.312 e. The Kier molecular flexibility index (Phi) is 6.81. The number of carbonyl (C=O) groups excluding carboxylic acids is 2. The zero-order valence-electron chi connectivity index (χ0n) is 19.3. The largest absolute Gasteiger partial charge is 0.462 e. The molecule has 1 N–H and O–H groups in total. The summed E-state index contributed by atoms with van der Waals surface area (Å²) in [6.45, 7) is 7.19. The fourth-order valence-electron chi connectivity index (χ4n) is 5.91. The molecule has 0 aromatic heterocycles. The zero-order chi connectivity index (χ0) is 22.8. The fourth-order valence-corrected chi connectivity index (χ4v) is 6.09. The monoisotopic (exact) mass is 474 g/mol. The second-order valence-electron chi connectivity index (χ2n) is 10.1.